The molecule has 5 atom stereocenters. The Bertz CT molecular complexity index is 932. The molecule has 2 aromatic rings. The Labute approximate surface area is 157 Å². The van der Waals surface area contributed by atoms with Gasteiger partial charge in [-0.1, -0.05) is 13.3 Å². The maximum Gasteiger partial charge on any atom is 0.242 e. The molecule has 3 aliphatic rings. The molecule has 1 saturated heterocycles. The number of carbonyl (C=O) groups is 2. The lowest BCUT2D eigenvalue weighted by molar-refractivity contribution is -0.123. The Morgan fingerprint density at radius 2 is 1.85 bits per heavy atom. The maximum atomic E-state index is 13.4. The summed E-state index contributed by atoms with van der Waals surface area (Å²) in [5, 5.41) is 0. The van der Waals surface area contributed by atoms with Crippen LogP contribution in [-0.4, -0.2) is 16.8 Å². The molecule has 2 aliphatic carbocycles. The Hall–Kier alpha value is -2.43. The van der Waals surface area contributed by atoms with Crippen LogP contribution in [0.3, 0.4) is 0 Å². The van der Waals surface area contributed by atoms with Gasteiger partial charge in [-0.05, 0) is 67.5 Å². The normalized spacial score (nSPS) is 32.3. The van der Waals surface area contributed by atoms with Crippen LogP contribution in [0.25, 0.3) is 0 Å². The number of anilines is 1. The summed E-state index contributed by atoms with van der Waals surface area (Å²) in [5.74, 6) is -0.333. The number of carbonyl (C=O) groups excluding carboxylic acids is 2. The zero-order valence-electron chi connectivity index (χ0n) is 15.5. The molecule has 0 spiro atoms. The predicted octanol–water partition coefficient (Wildman–Crippen LogP) is 4.27. The fraction of sp³-hybridized carbons (Fsp3) is 0.455. The molecule has 1 aromatic heterocycles. The van der Waals surface area contributed by atoms with Crippen molar-refractivity contribution in [1.82, 2.24) is 4.98 Å². The Morgan fingerprint density at radius 3 is 2.59 bits per heavy atom. The van der Waals surface area contributed by atoms with Crippen LogP contribution in [0.1, 0.15) is 55.0 Å². The number of fused-ring (bicyclic) bond motifs is 6. The number of aromatic amines is 1. The fourth-order valence-corrected chi connectivity index (χ4v) is 5.67. The van der Waals surface area contributed by atoms with Crippen molar-refractivity contribution in [2.75, 3.05) is 4.90 Å². The van der Waals surface area contributed by atoms with Gasteiger partial charge in [0.2, 0.25) is 11.8 Å². The van der Waals surface area contributed by atoms with Crippen LogP contribution in [-0.2, 0) is 9.59 Å². The van der Waals surface area contributed by atoms with E-state index in [-0.39, 0.29) is 29.5 Å². The zero-order chi connectivity index (χ0) is 18.9. The lowest BCUT2D eigenvalue weighted by atomic mass is 9.60. The number of H-pyrrole nitrogens is 1. The van der Waals surface area contributed by atoms with E-state index < -0.39 is 5.92 Å². The standard InChI is InChI=1S/C22H23FN2O2/c1-11-3-8-15-16(9-11)18-19(17-10-12(2)24-20(15)17)22(27)25(21(18)26)14-6-4-13(23)5-7-14/h4-7,10-11,15-16,18-19,24H,3,8-9H2,1-2H3/t11?,15-,16+,18+,19-/m1/s1. The number of rotatable bonds is 1. The van der Waals surface area contributed by atoms with Gasteiger partial charge >= 0.3 is 0 Å². The first kappa shape index (κ1) is 16.7. The first-order chi connectivity index (χ1) is 13.0. The monoisotopic (exact) mass is 366 g/mol. The van der Waals surface area contributed by atoms with Gasteiger partial charge in [0.15, 0.2) is 0 Å². The van der Waals surface area contributed by atoms with Gasteiger partial charge in [0.25, 0.3) is 0 Å². The zero-order valence-corrected chi connectivity index (χ0v) is 15.5. The number of benzene rings is 1. The van der Waals surface area contributed by atoms with Crippen molar-refractivity contribution >= 4 is 17.5 Å². The SMILES string of the molecule is Cc1cc2c([nH]1)[C@@H]1CCC(C)C[C@@H]1[C@@H]1C(=O)N(c3ccc(F)cc3)C(=O)[C@H]21. The molecule has 4 nitrogen and oxygen atoms in total. The van der Waals surface area contributed by atoms with Gasteiger partial charge < -0.3 is 4.98 Å². The summed E-state index contributed by atoms with van der Waals surface area (Å²) in [7, 11) is 0. The average molecular weight is 366 g/mol. The molecule has 1 aliphatic heterocycles. The number of hydrogen-bond donors (Lipinski definition) is 1. The third-order valence-corrected chi connectivity index (χ3v) is 6.78. The number of nitrogens with one attached hydrogen (secondary N) is 1. The van der Waals surface area contributed by atoms with Crippen molar-refractivity contribution in [2.24, 2.45) is 17.8 Å². The smallest absolute Gasteiger partial charge is 0.242 e. The van der Waals surface area contributed by atoms with Gasteiger partial charge in [-0.15, -0.1) is 0 Å². The van der Waals surface area contributed by atoms with E-state index in [1.807, 2.05) is 13.0 Å². The molecule has 2 heterocycles. The fourth-order valence-electron chi connectivity index (χ4n) is 5.67. The number of aryl methyl sites for hydroxylation is 1. The number of amides is 2. The van der Waals surface area contributed by atoms with Gasteiger partial charge in [0.1, 0.15) is 5.82 Å². The highest BCUT2D eigenvalue weighted by Gasteiger charge is 2.58. The lowest BCUT2D eigenvalue weighted by Gasteiger charge is -2.42. The predicted molar refractivity (Wildman–Crippen MR) is 99.9 cm³/mol. The van der Waals surface area contributed by atoms with Crippen LogP contribution >= 0.6 is 0 Å². The van der Waals surface area contributed by atoms with Crippen LogP contribution in [0, 0.1) is 30.5 Å². The second-order valence-corrected chi connectivity index (χ2v) is 8.50. The topological polar surface area (TPSA) is 53.2 Å². The quantitative estimate of drug-likeness (QED) is 0.767. The number of halogens is 1. The summed E-state index contributed by atoms with van der Waals surface area (Å²) < 4.78 is 13.3. The van der Waals surface area contributed by atoms with Crippen molar-refractivity contribution in [3.8, 4) is 0 Å². The number of nitrogens with zero attached hydrogens (tertiary/aromatic N) is 1. The Morgan fingerprint density at radius 1 is 1.11 bits per heavy atom. The highest BCUT2D eigenvalue weighted by molar-refractivity contribution is 6.24. The van der Waals surface area contributed by atoms with E-state index in [4.69, 9.17) is 0 Å². The number of hydrogen-bond acceptors (Lipinski definition) is 2. The van der Waals surface area contributed by atoms with Crippen LogP contribution in [0.5, 0.6) is 0 Å². The molecule has 0 radical (unpaired) electrons. The average Bonchev–Trinajstić information content (AvgIpc) is 3.14. The summed E-state index contributed by atoms with van der Waals surface area (Å²) in [5.41, 5.74) is 3.66. The lowest BCUT2D eigenvalue weighted by Crippen LogP contribution is -2.39. The minimum atomic E-state index is -0.422. The minimum Gasteiger partial charge on any atom is -0.362 e. The van der Waals surface area contributed by atoms with E-state index in [0.29, 0.717) is 17.5 Å². The third-order valence-electron chi connectivity index (χ3n) is 6.78. The summed E-state index contributed by atoms with van der Waals surface area (Å²) in [6.45, 7) is 4.24. The second kappa shape index (κ2) is 5.78. The summed E-state index contributed by atoms with van der Waals surface area (Å²) in [4.78, 5) is 31.6. The molecule has 2 fully saturated rings. The van der Waals surface area contributed by atoms with Crippen LogP contribution in [0.2, 0.25) is 0 Å². The van der Waals surface area contributed by atoms with Crippen molar-refractivity contribution < 1.29 is 14.0 Å². The molecule has 1 saturated carbocycles. The van der Waals surface area contributed by atoms with Gasteiger partial charge in [-0.25, -0.2) is 9.29 Å². The summed E-state index contributed by atoms with van der Waals surface area (Å²) >= 11 is 0. The molecule has 2 amide bonds. The van der Waals surface area contributed by atoms with Crippen molar-refractivity contribution in [1.29, 1.82) is 0 Å². The largest absolute Gasteiger partial charge is 0.362 e. The van der Waals surface area contributed by atoms with E-state index in [1.54, 1.807) is 0 Å². The molecule has 0 bridgehead atoms. The van der Waals surface area contributed by atoms with E-state index in [2.05, 4.69) is 11.9 Å². The van der Waals surface area contributed by atoms with E-state index in [9.17, 15) is 14.0 Å². The maximum absolute atomic E-state index is 13.4. The minimum absolute atomic E-state index is 0.120. The molecule has 1 aromatic carbocycles. The molecule has 140 valence electrons. The molecular weight excluding hydrogens is 343 g/mol. The number of imide groups is 1. The highest BCUT2D eigenvalue weighted by Crippen LogP contribution is 2.56. The summed E-state index contributed by atoms with van der Waals surface area (Å²) in [6.07, 6.45) is 3.18. The van der Waals surface area contributed by atoms with E-state index in [0.717, 1.165) is 36.2 Å². The van der Waals surface area contributed by atoms with Gasteiger partial charge in [0, 0.05) is 17.3 Å². The molecule has 5 rings (SSSR count). The molecule has 1 unspecified atom stereocenters. The van der Waals surface area contributed by atoms with Crippen LogP contribution in [0.15, 0.2) is 30.3 Å². The van der Waals surface area contributed by atoms with Gasteiger partial charge in [0.05, 0.1) is 17.5 Å². The molecule has 5 heteroatoms. The van der Waals surface area contributed by atoms with Crippen molar-refractivity contribution in [2.45, 2.75) is 44.9 Å². The second-order valence-electron chi connectivity index (χ2n) is 8.50. The van der Waals surface area contributed by atoms with Gasteiger partial charge in [-0.2, -0.15) is 0 Å². The molecule has 27 heavy (non-hydrogen) atoms. The Kier molecular flexibility index (Phi) is 3.58. The van der Waals surface area contributed by atoms with Crippen molar-refractivity contribution in [3.05, 3.63) is 53.1 Å². The third kappa shape index (κ3) is 2.33. The van der Waals surface area contributed by atoms with Gasteiger partial charge in [-0.3, -0.25) is 9.59 Å². The van der Waals surface area contributed by atoms with E-state index >= 15 is 0 Å². The summed E-state index contributed by atoms with van der Waals surface area (Å²) in [6, 6.07) is 7.69. The molecule has 1 N–H and O–H groups in total. The van der Waals surface area contributed by atoms with Crippen LogP contribution in [0.4, 0.5) is 10.1 Å². The van der Waals surface area contributed by atoms with Crippen LogP contribution < -0.4 is 4.90 Å². The molecular formula is C22H23FN2O2. The van der Waals surface area contributed by atoms with Crippen molar-refractivity contribution in [3.63, 3.8) is 0 Å². The number of aromatic nitrogens is 1. The first-order valence-corrected chi connectivity index (χ1v) is 9.78. The first-order valence-electron chi connectivity index (χ1n) is 9.78. The van der Waals surface area contributed by atoms with E-state index in [1.165, 1.54) is 29.2 Å². The Balaban J connectivity index is 1.64. The highest BCUT2D eigenvalue weighted by atomic mass is 19.1.